The van der Waals surface area contributed by atoms with Gasteiger partial charge in [-0.15, -0.1) is 11.8 Å². The molecule has 0 spiro atoms. The van der Waals surface area contributed by atoms with E-state index in [0.717, 1.165) is 11.4 Å². The molecule has 1 rings (SSSR count). The zero-order chi connectivity index (χ0) is 10.6. The van der Waals surface area contributed by atoms with Crippen LogP contribution in [-0.4, -0.2) is 21.4 Å². The number of aromatic nitrogens is 1. The van der Waals surface area contributed by atoms with Crippen LogP contribution in [-0.2, 0) is 5.75 Å². The van der Waals surface area contributed by atoms with Gasteiger partial charge in [0.1, 0.15) is 0 Å². The maximum Gasteiger partial charge on any atom is 0.0628 e. The van der Waals surface area contributed by atoms with Crippen LogP contribution in [0.3, 0.4) is 0 Å². The Hall–Kier alpha value is -0.540. The Labute approximate surface area is 89.8 Å². The number of pyridine rings is 1. The number of rotatable bonds is 4. The SMILES string of the molecule is Cc1cccnc1CSC(C)C(C)O. The average molecular weight is 211 g/mol. The molecular formula is C11H17NOS. The fourth-order valence-electron chi connectivity index (χ4n) is 1.02. The molecule has 2 atom stereocenters. The highest BCUT2D eigenvalue weighted by Gasteiger charge is 2.10. The molecular weight excluding hydrogens is 194 g/mol. The molecule has 1 aromatic heterocycles. The van der Waals surface area contributed by atoms with Gasteiger partial charge in [-0.05, 0) is 25.5 Å². The molecule has 1 heterocycles. The molecule has 0 saturated heterocycles. The summed E-state index contributed by atoms with van der Waals surface area (Å²) in [6.45, 7) is 5.92. The van der Waals surface area contributed by atoms with Crippen molar-refractivity contribution >= 4 is 11.8 Å². The van der Waals surface area contributed by atoms with Gasteiger partial charge in [0, 0.05) is 17.2 Å². The molecule has 2 nitrogen and oxygen atoms in total. The molecule has 0 bridgehead atoms. The quantitative estimate of drug-likeness (QED) is 0.830. The van der Waals surface area contributed by atoms with Crippen LogP contribution in [0, 0.1) is 6.92 Å². The molecule has 1 N–H and O–H groups in total. The van der Waals surface area contributed by atoms with E-state index in [-0.39, 0.29) is 11.4 Å². The van der Waals surface area contributed by atoms with Crippen molar-refractivity contribution in [3.8, 4) is 0 Å². The van der Waals surface area contributed by atoms with Crippen LogP contribution < -0.4 is 0 Å². The van der Waals surface area contributed by atoms with E-state index < -0.39 is 0 Å². The first kappa shape index (κ1) is 11.5. The molecule has 3 heteroatoms. The van der Waals surface area contributed by atoms with E-state index in [1.807, 2.05) is 26.1 Å². The van der Waals surface area contributed by atoms with Gasteiger partial charge in [-0.25, -0.2) is 0 Å². The minimum Gasteiger partial charge on any atom is -0.392 e. The van der Waals surface area contributed by atoms with E-state index in [0.29, 0.717) is 0 Å². The van der Waals surface area contributed by atoms with Gasteiger partial charge in [0.2, 0.25) is 0 Å². The van der Waals surface area contributed by atoms with E-state index in [4.69, 9.17) is 0 Å². The minimum atomic E-state index is -0.260. The lowest BCUT2D eigenvalue weighted by atomic mass is 10.2. The Bertz CT molecular complexity index is 288. The first-order chi connectivity index (χ1) is 6.61. The summed E-state index contributed by atoms with van der Waals surface area (Å²) < 4.78 is 0. The van der Waals surface area contributed by atoms with Gasteiger partial charge in [0.15, 0.2) is 0 Å². The molecule has 2 unspecified atom stereocenters. The van der Waals surface area contributed by atoms with Gasteiger partial charge in [-0.3, -0.25) is 4.98 Å². The van der Waals surface area contributed by atoms with Crippen LogP contribution in [0.4, 0.5) is 0 Å². The first-order valence-electron chi connectivity index (χ1n) is 4.81. The molecule has 0 fully saturated rings. The highest BCUT2D eigenvalue weighted by Crippen LogP contribution is 2.20. The summed E-state index contributed by atoms with van der Waals surface area (Å²) in [5, 5.41) is 9.59. The molecule has 14 heavy (non-hydrogen) atoms. The van der Waals surface area contributed by atoms with Gasteiger partial charge < -0.3 is 5.11 Å². The van der Waals surface area contributed by atoms with E-state index in [2.05, 4.69) is 18.0 Å². The van der Waals surface area contributed by atoms with Crippen molar-refractivity contribution in [2.24, 2.45) is 0 Å². The number of nitrogens with zero attached hydrogens (tertiary/aromatic N) is 1. The van der Waals surface area contributed by atoms with Crippen LogP contribution in [0.5, 0.6) is 0 Å². The fraction of sp³-hybridized carbons (Fsp3) is 0.545. The summed E-state index contributed by atoms with van der Waals surface area (Å²) >= 11 is 1.74. The van der Waals surface area contributed by atoms with Crippen LogP contribution in [0.1, 0.15) is 25.1 Å². The van der Waals surface area contributed by atoms with Crippen molar-refractivity contribution in [2.45, 2.75) is 37.9 Å². The van der Waals surface area contributed by atoms with Crippen molar-refractivity contribution in [3.63, 3.8) is 0 Å². The third kappa shape index (κ3) is 3.31. The molecule has 0 saturated carbocycles. The van der Waals surface area contributed by atoms with Crippen molar-refractivity contribution in [2.75, 3.05) is 0 Å². The summed E-state index contributed by atoms with van der Waals surface area (Å²) in [5.41, 5.74) is 2.34. The second-order valence-corrected chi connectivity index (χ2v) is 4.89. The van der Waals surface area contributed by atoms with Crippen LogP contribution in [0.25, 0.3) is 0 Å². The van der Waals surface area contributed by atoms with E-state index >= 15 is 0 Å². The van der Waals surface area contributed by atoms with Gasteiger partial charge in [-0.2, -0.15) is 0 Å². The van der Waals surface area contributed by atoms with Crippen molar-refractivity contribution in [1.29, 1.82) is 0 Å². The molecule has 0 aliphatic rings. The molecule has 0 radical (unpaired) electrons. The van der Waals surface area contributed by atoms with Crippen molar-refractivity contribution in [1.82, 2.24) is 4.98 Å². The highest BCUT2D eigenvalue weighted by molar-refractivity contribution is 7.99. The highest BCUT2D eigenvalue weighted by atomic mass is 32.2. The lowest BCUT2D eigenvalue weighted by molar-refractivity contribution is 0.196. The molecule has 0 aliphatic carbocycles. The minimum absolute atomic E-state index is 0.260. The Kier molecular flexibility index (Phi) is 4.42. The molecule has 78 valence electrons. The van der Waals surface area contributed by atoms with Crippen LogP contribution >= 0.6 is 11.8 Å². The smallest absolute Gasteiger partial charge is 0.0628 e. The topological polar surface area (TPSA) is 33.1 Å². The fourth-order valence-corrected chi connectivity index (χ4v) is 2.02. The zero-order valence-corrected chi connectivity index (χ0v) is 9.71. The summed E-state index contributed by atoms with van der Waals surface area (Å²) in [6.07, 6.45) is 1.56. The van der Waals surface area contributed by atoms with Gasteiger partial charge in [-0.1, -0.05) is 13.0 Å². The number of aliphatic hydroxyl groups is 1. The number of hydrogen-bond donors (Lipinski definition) is 1. The lowest BCUT2D eigenvalue weighted by Crippen LogP contribution is -2.15. The van der Waals surface area contributed by atoms with Gasteiger partial charge >= 0.3 is 0 Å². The average Bonchev–Trinajstić information content (AvgIpc) is 2.16. The first-order valence-corrected chi connectivity index (χ1v) is 5.86. The Morgan fingerprint density at radius 2 is 2.21 bits per heavy atom. The van der Waals surface area contributed by atoms with E-state index in [9.17, 15) is 5.11 Å². The monoisotopic (exact) mass is 211 g/mol. The molecule has 0 aliphatic heterocycles. The zero-order valence-electron chi connectivity index (χ0n) is 8.90. The maximum absolute atomic E-state index is 9.33. The van der Waals surface area contributed by atoms with Crippen molar-refractivity contribution in [3.05, 3.63) is 29.6 Å². The summed E-state index contributed by atoms with van der Waals surface area (Å²) in [7, 11) is 0. The second kappa shape index (κ2) is 5.37. The maximum atomic E-state index is 9.33. The van der Waals surface area contributed by atoms with Gasteiger partial charge in [0.05, 0.1) is 11.8 Å². The third-order valence-corrected chi connectivity index (χ3v) is 3.64. The van der Waals surface area contributed by atoms with Crippen LogP contribution in [0.15, 0.2) is 18.3 Å². The van der Waals surface area contributed by atoms with Crippen LogP contribution in [0.2, 0.25) is 0 Å². The summed E-state index contributed by atoms with van der Waals surface area (Å²) in [6, 6.07) is 4.01. The summed E-state index contributed by atoms with van der Waals surface area (Å²) in [5.74, 6) is 0.874. The standard InChI is InChI=1S/C11H17NOS/c1-8-5-4-6-12-11(8)7-14-10(3)9(2)13/h4-6,9-10,13H,7H2,1-3H3. The van der Waals surface area contributed by atoms with Crippen molar-refractivity contribution < 1.29 is 5.11 Å². The number of thioether (sulfide) groups is 1. The van der Waals surface area contributed by atoms with Gasteiger partial charge in [0.25, 0.3) is 0 Å². The third-order valence-electron chi connectivity index (χ3n) is 2.28. The Morgan fingerprint density at radius 3 is 2.79 bits per heavy atom. The predicted molar refractivity (Wildman–Crippen MR) is 61.4 cm³/mol. The van der Waals surface area contributed by atoms with E-state index in [1.54, 1.807) is 11.8 Å². The second-order valence-electron chi connectivity index (χ2n) is 3.52. The normalized spacial score (nSPS) is 15.1. The lowest BCUT2D eigenvalue weighted by Gasteiger charge is -2.14. The Morgan fingerprint density at radius 1 is 1.50 bits per heavy atom. The van der Waals surface area contributed by atoms with E-state index in [1.165, 1.54) is 5.56 Å². The number of aryl methyl sites for hydroxylation is 1. The summed E-state index contributed by atoms with van der Waals surface area (Å²) in [4.78, 5) is 4.31. The largest absolute Gasteiger partial charge is 0.392 e. The molecule has 0 aromatic carbocycles. The predicted octanol–water partition coefficient (Wildman–Crippen LogP) is 2.39. The number of hydrogen-bond acceptors (Lipinski definition) is 3. The molecule has 0 amide bonds. The Balaban J connectivity index is 2.50. The number of aliphatic hydroxyl groups excluding tert-OH is 1. The molecule has 1 aromatic rings.